The fourth-order valence-electron chi connectivity index (χ4n) is 3.10. The Labute approximate surface area is 134 Å². The van der Waals surface area contributed by atoms with Gasteiger partial charge in [-0.15, -0.1) is 0 Å². The van der Waals surface area contributed by atoms with Gasteiger partial charge in [0.15, 0.2) is 11.5 Å². The van der Waals surface area contributed by atoms with Crippen molar-refractivity contribution >= 4 is 5.91 Å². The summed E-state index contributed by atoms with van der Waals surface area (Å²) >= 11 is 0. The van der Waals surface area contributed by atoms with Crippen molar-refractivity contribution in [2.45, 2.75) is 12.5 Å². The zero-order chi connectivity index (χ0) is 15.8. The largest absolute Gasteiger partial charge is 0.493 e. The van der Waals surface area contributed by atoms with Crippen LogP contribution in [0.2, 0.25) is 0 Å². The highest BCUT2D eigenvalue weighted by Gasteiger charge is 2.28. The van der Waals surface area contributed by atoms with Crippen molar-refractivity contribution in [2.24, 2.45) is 0 Å². The van der Waals surface area contributed by atoms with Crippen LogP contribution < -0.4 is 14.2 Å². The summed E-state index contributed by atoms with van der Waals surface area (Å²) in [5, 5.41) is 0. The van der Waals surface area contributed by atoms with Crippen LogP contribution in [0.15, 0.2) is 42.5 Å². The molecule has 118 valence electrons. The Hall–Kier alpha value is -2.69. The van der Waals surface area contributed by atoms with E-state index in [9.17, 15) is 4.79 Å². The second-order valence-electron chi connectivity index (χ2n) is 5.67. The molecule has 0 saturated carbocycles. The van der Waals surface area contributed by atoms with Gasteiger partial charge < -0.3 is 19.1 Å². The lowest BCUT2D eigenvalue weighted by Crippen LogP contribution is -2.34. The lowest BCUT2D eigenvalue weighted by molar-refractivity contribution is 0.0686. The van der Waals surface area contributed by atoms with Crippen molar-refractivity contribution in [3.63, 3.8) is 0 Å². The van der Waals surface area contributed by atoms with E-state index < -0.39 is 0 Å². The molecule has 5 heteroatoms. The maximum atomic E-state index is 12.8. The Morgan fingerprint density at radius 3 is 2.78 bits per heavy atom. The number of hydrogen-bond acceptors (Lipinski definition) is 4. The van der Waals surface area contributed by atoms with E-state index in [0.717, 1.165) is 17.7 Å². The molecule has 2 aromatic carbocycles. The van der Waals surface area contributed by atoms with Crippen molar-refractivity contribution < 1.29 is 19.0 Å². The van der Waals surface area contributed by atoms with Gasteiger partial charge in [-0.05, 0) is 24.3 Å². The van der Waals surface area contributed by atoms with Gasteiger partial charge in [-0.1, -0.05) is 18.2 Å². The van der Waals surface area contributed by atoms with Crippen LogP contribution in [-0.4, -0.2) is 31.3 Å². The van der Waals surface area contributed by atoms with Gasteiger partial charge in [0.2, 0.25) is 6.79 Å². The Kier molecular flexibility index (Phi) is 3.33. The summed E-state index contributed by atoms with van der Waals surface area (Å²) in [7, 11) is 1.83. The van der Waals surface area contributed by atoms with E-state index >= 15 is 0 Å². The molecule has 2 heterocycles. The monoisotopic (exact) mass is 311 g/mol. The van der Waals surface area contributed by atoms with Crippen LogP contribution in [0.1, 0.15) is 28.4 Å². The molecule has 0 saturated heterocycles. The number of hydrogen-bond donors (Lipinski definition) is 0. The molecule has 5 nitrogen and oxygen atoms in total. The zero-order valence-electron chi connectivity index (χ0n) is 12.8. The second-order valence-corrected chi connectivity index (χ2v) is 5.67. The third-order valence-electron chi connectivity index (χ3n) is 4.33. The topological polar surface area (TPSA) is 48.0 Å². The number of rotatable bonds is 2. The molecule has 0 spiro atoms. The highest BCUT2D eigenvalue weighted by molar-refractivity contribution is 5.95. The van der Waals surface area contributed by atoms with Crippen molar-refractivity contribution in [3.05, 3.63) is 53.6 Å². The van der Waals surface area contributed by atoms with E-state index in [-0.39, 0.29) is 18.7 Å². The van der Waals surface area contributed by atoms with Gasteiger partial charge in [0.05, 0.1) is 12.6 Å². The van der Waals surface area contributed by atoms with Crippen LogP contribution in [0.4, 0.5) is 0 Å². The third kappa shape index (κ3) is 2.38. The predicted octanol–water partition coefficient (Wildman–Crippen LogP) is 3.01. The third-order valence-corrected chi connectivity index (χ3v) is 4.33. The van der Waals surface area contributed by atoms with Crippen LogP contribution in [-0.2, 0) is 0 Å². The first-order valence-electron chi connectivity index (χ1n) is 7.62. The number of para-hydroxylation sites is 1. The molecule has 4 rings (SSSR count). The van der Waals surface area contributed by atoms with E-state index in [0.29, 0.717) is 23.7 Å². The van der Waals surface area contributed by atoms with E-state index in [1.807, 2.05) is 31.3 Å². The Morgan fingerprint density at radius 1 is 1.04 bits per heavy atom. The number of carbonyl (C=O) groups excluding carboxylic acids is 1. The number of fused-ring (bicyclic) bond motifs is 2. The lowest BCUT2D eigenvalue weighted by atomic mass is 9.98. The fourth-order valence-corrected chi connectivity index (χ4v) is 3.10. The van der Waals surface area contributed by atoms with Crippen molar-refractivity contribution in [1.29, 1.82) is 0 Å². The van der Waals surface area contributed by atoms with Crippen LogP contribution in [0.5, 0.6) is 17.2 Å². The maximum Gasteiger partial charge on any atom is 0.254 e. The molecule has 1 unspecified atom stereocenters. The second kappa shape index (κ2) is 5.50. The molecule has 0 fully saturated rings. The van der Waals surface area contributed by atoms with Crippen molar-refractivity contribution in [2.75, 3.05) is 20.4 Å². The van der Waals surface area contributed by atoms with E-state index in [1.165, 1.54) is 0 Å². The minimum atomic E-state index is -0.0370. The SMILES string of the molecule is CN(C(=O)c1ccc2c(c1)OCO2)C1CCOc2ccccc21. The number of ether oxygens (including phenoxy) is 3. The van der Waals surface area contributed by atoms with Gasteiger partial charge in [-0.25, -0.2) is 0 Å². The molecule has 2 aliphatic rings. The summed E-state index contributed by atoms with van der Waals surface area (Å²) < 4.78 is 16.3. The highest BCUT2D eigenvalue weighted by atomic mass is 16.7. The summed E-state index contributed by atoms with van der Waals surface area (Å²) in [6, 6.07) is 13.2. The summed E-state index contributed by atoms with van der Waals surface area (Å²) in [5.74, 6) is 2.12. The molecule has 0 aromatic heterocycles. The van der Waals surface area contributed by atoms with Crippen LogP contribution in [0.25, 0.3) is 0 Å². The molecule has 1 atom stereocenters. The number of benzene rings is 2. The first-order valence-corrected chi connectivity index (χ1v) is 7.62. The molecule has 1 amide bonds. The number of amides is 1. The first-order chi connectivity index (χ1) is 11.2. The van der Waals surface area contributed by atoms with Crippen LogP contribution in [0, 0.1) is 0 Å². The Bertz CT molecular complexity index is 758. The predicted molar refractivity (Wildman–Crippen MR) is 84.0 cm³/mol. The average molecular weight is 311 g/mol. The van der Waals surface area contributed by atoms with Crippen molar-refractivity contribution in [3.8, 4) is 17.2 Å². The molecule has 0 radical (unpaired) electrons. The molecule has 0 N–H and O–H groups in total. The Balaban J connectivity index is 1.62. The smallest absolute Gasteiger partial charge is 0.254 e. The number of carbonyl (C=O) groups is 1. The summed E-state index contributed by atoms with van der Waals surface area (Å²) in [6.45, 7) is 0.816. The minimum absolute atomic E-state index is 0.0119. The quantitative estimate of drug-likeness (QED) is 0.855. The highest BCUT2D eigenvalue weighted by Crippen LogP contribution is 2.37. The van der Waals surface area contributed by atoms with Crippen LogP contribution in [0.3, 0.4) is 0 Å². The van der Waals surface area contributed by atoms with Gasteiger partial charge in [-0.3, -0.25) is 4.79 Å². The summed E-state index contributed by atoms with van der Waals surface area (Å²) in [5.41, 5.74) is 1.65. The van der Waals surface area contributed by atoms with Gasteiger partial charge in [0.1, 0.15) is 5.75 Å². The molecule has 0 aliphatic carbocycles. The average Bonchev–Trinajstić information content (AvgIpc) is 3.07. The number of nitrogens with zero attached hydrogens (tertiary/aromatic N) is 1. The van der Waals surface area contributed by atoms with Gasteiger partial charge in [-0.2, -0.15) is 0 Å². The molecule has 2 aliphatic heterocycles. The van der Waals surface area contributed by atoms with Gasteiger partial charge in [0.25, 0.3) is 5.91 Å². The summed E-state index contributed by atoms with van der Waals surface area (Å²) in [4.78, 5) is 14.6. The fraction of sp³-hybridized carbons (Fsp3) is 0.278. The lowest BCUT2D eigenvalue weighted by Gasteiger charge is -2.33. The normalized spacial score (nSPS) is 18.0. The zero-order valence-corrected chi connectivity index (χ0v) is 12.8. The standard InChI is InChI=1S/C18H17NO4/c1-19(14-8-9-21-15-5-3-2-4-13(14)15)18(20)12-6-7-16-17(10-12)23-11-22-16/h2-7,10,14H,8-9,11H2,1H3. The van der Waals surface area contributed by atoms with Crippen molar-refractivity contribution in [1.82, 2.24) is 4.90 Å². The van der Waals surface area contributed by atoms with Gasteiger partial charge in [0, 0.05) is 24.6 Å². The Morgan fingerprint density at radius 2 is 1.87 bits per heavy atom. The molecular weight excluding hydrogens is 294 g/mol. The summed E-state index contributed by atoms with van der Waals surface area (Å²) in [6.07, 6.45) is 0.782. The van der Waals surface area contributed by atoms with Crippen LogP contribution >= 0.6 is 0 Å². The molecule has 0 bridgehead atoms. The maximum absolute atomic E-state index is 12.8. The van der Waals surface area contributed by atoms with Gasteiger partial charge >= 0.3 is 0 Å². The van der Waals surface area contributed by atoms with E-state index in [2.05, 4.69) is 0 Å². The van der Waals surface area contributed by atoms with E-state index in [1.54, 1.807) is 23.1 Å². The molecule has 2 aromatic rings. The minimum Gasteiger partial charge on any atom is -0.493 e. The first kappa shape index (κ1) is 13.9. The molecular formula is C18H17NO4. The molecule has 23 heavy (non-hydrogen) atoms. The van der Waals surface area contributed by atoms with E-state index in [4.69, 9.17) is 14.2 Å².